The molecule has 1 N–H and O–H groups in total. The number of hydrogen-bond donors (Lipinski definition) is 1. The molecule has 8 heteroatoms. The van der Waals surface area contributed by atoms with Gasteiger partial charge in [-0.25, -0.2) is 4.79 Å². The Morgan fingerprint density at radius 2 is 1.96 bits per heavy atom. The van der Waals surface area contributed by atoms with Crippen LogP contribution in [0, 0.1) is 0 Å². The molecule has 3 rings (SSSR count). The minimum absolute atomic E-state index is 0.0708. The lowest BCUT2D eigenvalue weighted by Gasteiger charge is -2.41. The van der Waals surface area contributed by atoms with Crippen LogP contribution in [0.1, 0.15) is 26.3 Å². The summed E-state index contributed by atoms with van der Waals surface area (Å²) in [4.78, 5) is 38.4. The predicted molar refractivity (Wildman–Crippen MR) is 99.6 cm³/mol. The topological polar surface area (TPSA) is 98.8 Å². The highest BCUT2D eigenvalue weighted by Gasteiger charge is 2.73. The third-order valence-electron chi connectivity index (χ3n) is 4.88. The van der Waals surface area contributed by atoms with Crippen molar-refractivity contribution in [2.24, 2.45) is 0 Å². The fraction of sp³-hybridized carbons (Fsp3) is 0.421. The van der Waals surface area contributed by atoms with Gasteiger partial charge >= 0.3 is 5.97 Å². The number of fused-ring (bicyclic) bond motifs is 1. The maximum atomic E-state index is 12.9. The monoisotopic (exact) mass is 390 g/mol. The molecule has 2 saturated heterocycles. The van der Waals surface area contributed by atoms with E-state index in [0.717, 1.165) is 5.56 Å². The molecule has 1 unspecified atom stereocenters. The zero-order valence-corrected chi connectivity index (χ0v) is 16.2. The molecule has 0 aromatic heterocycles. The maximum absolute atomic E-state index is 12.9. The highest BCUT2D eigenvalue weighted by atomic mass is 32.2. The first-order chi connectivity index (χ1) is 12.7. The van der Waals surface area contributed by atoms with Gasteiger partial charge in [-0.15, -0.1) is 0 Å². The Balaban J connectivity index is 1.75. The summed E-state index contributed by atoms with van der Waals surface area (Å²) in [6.07, 6.45) is 0. The van der Waals surface area contributed by atoms with Gasteiger partial charge < -0.3 is 14.6 Å². The Labute approximate surface area is 160 Å². The van der Waals surface area contributed by atoms with E-state index in [1.165, 1.54) is 11.8 Å². The fourth-order valence-electron chi connectivity index (χ4n) is 3.35. The molecule has 2 aliphatic rings. The van der Waals surface area contributed by atoms with Gasteiger partial charge in [0, 0.05) is 5.57 Å². The van der Waals surface area contributed by atoms with E-state index >= 15 is 0 Å². The van der Waals surface area contributed by atoms with Crippen molar-refractivity contribution < 1.29 is 23.7 Å². The van der Waals surface area contributed by atoms with Gasteiger partial charge in [-0.05, 0) is 37.5 Å². The van der Waals surface area contributed by atoms with Crippen LogP contribution >= 0.6 is 0 Å². The van der Waals surface area contributed by atoms with Crippen LogP contribution in [-0.2, 0) is 36.9 Å². The molecule has 1 aromatic rings. The van der Waals surface area contributed by atoms with E-state index in [1.807, 2.05) is 30.3 Å². The normalized spacial score (nSPS) is 28.1. The molecule has 0 radical (unpaired) electrons. The summed E-state index contributed by atoms with van der Waals surface area (Å²) in [6.45, 7) is 8.46. The van der Waals surface area contributed by atoms with Crippen molar-refractivity contribution in [1.82, 2.24) is 10.2 Å². The van der Waals surface area contributed by atoms with Crippen molar-refractivity contribution in [2.45, 2.75) is 49.6 Å². The molecule has 0 aliphatic carbocycles. The fourth-order valence-corrected chi connectivity index (χ4v) is 5.26. The van der Waals surface area contributed by atoms with E-state index in [9.17, 15) is 18.9 Å². The molecule has 2 fully saturated rings. The first-order valence-electron chi connectivity index (χ1n) is 8.56. The molecule has 0 bridgehead atoms. The number of nitrogens with one attached hydrogen (secondary N) is 1. The number of amides is 2. The first-order valence-corrected chi connectivity index (χ1v) is 9.77. The van der Waals surface area contributed by atoms with Crippen molar-refractivity contribution >= 4 is 29.0 Å². The van der Waals surface area contributed by atoms with Crippen molar-refractivity contribution in [3.05, 3.63) is 48.0 Å². The van der Waals surface area contributed by atoms with E-state index < -0.39 is 51.2 Å². The number of carbonyl (C=O) groups is 3. The van der Waals surface area contributed by atoms with Crippen LogP contribution in [-0.4, -0.2) is 49.4 Å². The number of ether oxygens (including phenoxy) is 1. The van der Waals surface area contributed by atoms with Crippen molar-refractivity contribution in [1.29, 1.82) is 0 Å². The van der Waals surface area contributed by atoms with E-state index in [4.69, 9.17) is 4.74 Å². The third-order valence-corrected chi connectivity index (χ3v) is 7.07. The van der Waals surface area contributed by atoms with Gasteiger partial charge in [-0.2, -0.15) is 0 Å². The minimum atomic E-state index is -1.54. The van der Waals surface area contributed by atoms with E-state index in [2.05, 4.69) is 11.9 Å². The average molecular weight is 390 g/mol. The number of rotatable bonds is 5. The van der Waals surface area contributed by atoms with Gasteiger partial charge in [0.15, 0.2) is 16.8 Å². The maximum Gasteiger partial charge on any atom is 0.334 e. The molecule has 0 saturated carbocycles. The second-order valence-corrected chi connectivity index (χ2v) is 9.39. The lowest BCUT2D eigenvalue weighted by molar-refractivity contribution is -0.165. The highest BCUT2D eigenvalue weighted by molar-refractivity contribution is 7.94. The summed E-state index contributed by atoms with van der Waals surface area (Å²) in [6, 6.07) is 7.30. The zero-order chi connectivity index (χ0) is 19.9. The molecule has 2 amide bonds. The second-order valence-electron chi connectivity index (χ2n) is 7.26. The van der Waals surface area contributed by atoms with Crippen LogP contribution in [0.4, 0.5) is 0 Å². The van der Waals surface area contributed by atoms with Gasteiger partial charge in [0.1, 0.15) is 6.61 Å². The van der Waals surface area contributed by atoms with E-state index in [0.29, 0.717) is 0 Å². The molecule has 4 atom stereocenters. The predicted octanol–water partition coefficient (Wildman–Crippen LogP) is 0.869. The van der Waals surface area contributed by atoms with Crippen LogP contribution in [0.15, 0.2) is 42.5 Å². The van der Waals surface area contributed by atoms with Gasteiger partial charge in [0.2, 0.25) is 11.3 Å². The number of β-lactam (4-membered cyclic amide) rings is 1. The number of hydrogen-bond acceptors (Lipinski definition) is 5. The Hall–Kier alpha value is -2.32. The molecule has 1 aromatic carbocycles. The molecular weight excluding hydrogens is 368 g/mol. The highest BCUT2D eigenvalue weighted by Crippen LogP contribution is 2.46. The van der Waals surface area contributed by atoms with Crippen LogP contribution in [0.2, 0.25) is 0 Å². The van der Waals surface area contributed by atoms with Gasteiger partial charge in [-0.3, -0.25) is 14.5 Å². The summed E-state index contributed by atoms with van der Waals surface area (Å²) < 4.78 is 17.3. The Kier molecular flexibility index (Phi) is 5.05. The van der Waals surface area contributed by atoms with Crippen LogP contribution in [0.5, 0.6) is 0 Å². The number of carbonyl (C=O) groups excluding carboxylic acids is 3. The largest absolute Gasteiger partial charge is 0.614 e. The molecule has 2 heterocycles. The van der Waals surface area contributed by atoms with Crippen LogP contribution in [0.25, 0.3) is 0 Å². The second kappa shape index (κ2) is 7.01. The quantitative estimate of drug-likeness (QED) is 0.348. The van der Waals surface area contributed by atoms with Crippen LogP contribution in [0.3, 0.4) is 0 Å². The molecule has 2 aliphatic heterocycles. The number of esters is 1. The van der Waals surface area contributed by atoms with Crippen molar-refractivity contribution in [3.63, 3.8) is 0 Å². The molecule has 7 nitrogen and oxygen atoms in total. The van der Waals surface area contributed by atoms with Gasteiger partial charge in [0.25, 0.3) is 5.91 Å². The first kappa shape index (κ1) is 19.4. The summed E-state index contributed by atoms with van der Waals surface area (Å²) in [5, 5.41) is 1.80. The number of benzene rings is 1. The molecular formula is C19H22N2O5S. The average Bonchev–Trinajstić information content (AvgIpc) is 2.82. The molecule has 144 valence electrons. The van der Waals surface area contributed by atoms with E-state index in [1.54, 1.807) is 13.8 Å². The number of nitrogens with zero attached hydrogens (tertiary/aromatic N) is 1. The van der Waals surface area contributed by atoms with Gasteiger partial charge in [-0.1, -0.05) is 36.9 Å². The Bertz CT molecular complexity index is 795. The molecule has 0 spiro atoms. The lowest BCUT2D eigenvalue weighted by Crippen LogP contribution is -2.72. The third kappa shape index (κ3) is 3.23. The summed E-state index contributed by atoms with van der Waals surface area (Å²) in [5.74, 6) is -1.51. The smallest absolute Gasteiger partial charge is 0.334 e. The van der Waals surface area contributed by atoms with E-state index in [-0.39, 0.29) is 12.2 Å². The summed E-state index contributed by atoms with van der Waals surface area (Å²) >= 11 is -1.54. The lowest BCUT2D eigenvalue weighted by atomic mass is 9.96. The SMILES string of the molecule is C=C(C)C(=O)N[C@@H]1C(=O)N2[C@@H]1[S+]([O-])C(C)(C)[C@@H]2C(=O)OCc1ccccc1. The van der Waals surface area contributed by atoms with Crippen LogP contribution < -0.4 is 5.32 Å². The molecule has 27 heavy (non-hydrogen) atoms. The zero-order valence-electron chi connectivity index (χ0n) is 15.4. The Morgan fingerprint density at radius 3 is 2.56 bits per heavy atom. The van der Waals surface area contributed by atoms with Gasteiger partial charge in [0.05, 0.1) is 0 Å². The van der Waals surface area contributed by atoms with Crippen molar-refractivity contribution in [3.8, 4) is 0 Å². The Morgan fingerprint density at radius 1 is 1.33 bits per heavy atom. The summed E-state index contributed by atoms with van der Waals surface area (Å²) in [5.41, 5.74) is 1.07. The minimum Gasteiger partial charge on any atom is -0.614 e. The summed E-state index contributed by atoms with van der Waals surface area (Å²) in [7, 11) is 0. The van der Waals surface area contributed by atoms with Crippen molar-refractivity contribution in [2.75, 3.05) is 0 Å². The standard InChI is InChI=1S/C19H22N2O5S/c1-11(2)15(22)20-13-16(23)21-14(19(3,4)27(25)17(13)21)18(24)26-10-12-8-6-5-7-9-12/h5-9,13-14,17H,1,10H2,2-4H3,(H,20,22)/t13-,14+,17-,27?/m1/s1.